The van der Waals surface area contributed by atoms with E-state index in [1.54, 1.807) is 4.90 Å². The van der Waals surface area contributed by atoms with Crippen LogP contribution in [0.15, 0.2) is 29.3 Å². The quantitative estimate of drug-likeness (QED) is 0.399. The molecule has 0 radical (unpaired) electrons. The van der Waals surface area contributed by atoms with E-state index >= 15 is 0 Å². The number of nitrogens with zero attached hydrogens (tertiary/aromatic N) is 4. The van der Waals surface area contributed by atoms with Crippen LogP contribution >= 0.6 is 11.3 Å². The van der Waals surface area contributed by atoms with Crippen LogP contribution in [-0.4, -0.2) is 59.7 Å². The predicted molar refractivity (Wildman–Crippen MR) is 132 cm³/mol. The minimum atomic E-state index is -0.133. The van der Waals surface area contributed by atoms with Crippen molar-refractivity contribution in [2.45, 2.75) is 39.2 Å². The molecule has 0 unspecified atom stereocenters. The monoisotopic (exact) mass is 471 g/mol. The van der Waals surface area contributed by atoms with E-state index in [4.69, 9.17) is 16.5 Å². The van der Waals surface area contributed by atoms with Crippen molar-refractivity contribution in [3.05, 3.63) is 40.4 Å². The number of piperidine rings is 1. The Balaban J connectivity index is 1.70. The molecule has 0 bridgehead atoms. The Morgan fingerprint density at radius 3 is 2.61 bits per heavy atom. The number of rotatable bonds is 8. The molecule has 178 valence electrons. The Morgan fingerprint density at radius 1 is 1.24 bits per heavy atom. The fraction of sp³-hybridized carbons (Fsp3) is 0.478. The fourth-order valence-corrected chi connectivity index (χ4v) is 5.12. The summed E-state index contributed by atoms with van der Waals surface area (Å²) in [4.78, 5) is 37.9. The first-order valence-corrected chi connectivity index (χ1v) is 11.9. The van der Waals surface area contributed by atoms with Crippen LogP contribution in [0.5, 0.6) is 0 Å². The molecule has 2 heterocycles. The van der Waals surface area contributed by atoms with E-state index < -0.39 is 0 Å². The number of nitrogens with two attached hydrogens (primary N) is 2. The minimum Gasteiger partial charge on any atom is -0.370 e. The average Bonchev–Trinajstić information content (AvgIpc) is 3.12. The zero-order valence-electron chi connectivity index (χ0n) is 19.5. The third kappa shape index (κ3) is 7.26. The fourth-order valence-electron chi connectivity index (χ4n) is 4.02. The molecule has 1 saturated heterocycles. The molecule has 5 N–H and O–H groups in total. The molecular formula is C23H33N7O2S. The summed E-state index contributed by atoms with van der Waals surface area (Å²) in [5, 5.41) is 3.44. The molecular weight excluding hydrogens is 438 g/mol. The van der Waals surface area contributed by atoms with Crippen LogP contribution in [0.2, 0.25) is 0 Å². The number of guanidine groups is 1. The molecule has 3 rings (SSSR count). The van der Waals surface area contributed by atoms with Crippen LogP contribution in [-0.2, 0) is 29.0 Å². The van der Waals surface area contributed by atoms with Gasteiger partial charge in [-0.3, -0.25) is 14.5 Å². The van der Waals surface area contributed by atoms with Crippen LogP contribution < -0.4 is 16.8 Å². The van der Waals surface area contributed by atoms with Gasteiger partial charge in [-0.25, -0.2) is 9.98 Å². The van der Waals surface area contributed by atoms with Gasteiger partial charge in [0.05, 0.1) is 17.3 Å². The molecule has 0 spiro atoms. The molecule has 9 nitrogen and oxygen atoms in total. The van der Waals surface area contributed by atoms with E-state index in [0.717, 1.165) is 61.5 Å². The lowest BCUT2D eigenvalue weighted by molar-refractivity contribution is -0.134. The number of benzene rings is 1. The second kappa shape index (κ2) is 11.2. The number of aliphatic imine (C=N–C) groups is 1. The molecule has 1 aliphatic rings. The summed E-state index contributed by atoms with van der Waals surface area (Å²) < 4.78 is 0. The Kier molecular flexibility index (Phi) is 8.40. The van der Waals surface area contributed by atoms with Gasteiger partial charge in [0, 0.05) is 39.0 Å². The van der Waals surface area contributed by atoms with Crippen LogP contribution in [0.3, 0.4) is 0 Å². The lowest BCUT2D eigenvalue weighted by Gasteiger charge is -2.33. The van der Waals surface area contributed by atoms with E-state index in [9.17, 15) is 9.59 Å². The van der Waals surface area contributed by atoms with Crippen LogP contribution in [0.4, 0.5) is 10.8 Å². The summed E-state index contributed by atoms with van der Waals surface area (Å²) in [6.45, 7) is 3.92. The van der Waals surface area contributed by atoms with E-state index in [-0.39, 0.29) is 23.7 Å². The van der Waals surface area contributed by atoms with Crippen molar-refractivity contribution >= 4 is 39.9 Å². The highest BCUT2D eigenvalue weighted by Crippen LogP contribution is 2.28. The average molecular weight is 472 g/mol. The molecule has 2 aromatic rings. The zero-order chi connectivity index (χ0) is 24.0. The van der Waals surface area contributed by atoms with Crippen LogP contribution in [0, 0.1) is 5.92 Å². The van der Waals surface area contributed by atoms with Crippen molar-refractivity contribution in [1.82, 2.24) is 14.8 Å². The molecule has 0 saturated carbocycles. The second-order valence-corrected chi connectivity index (χ2v) is 9.66. The Hall–Kier alpha value is -2.98. The first-order chi connectivity index (χ1) is 15.7. The van der Waals surface area contributed by atoms with E-state index in [1.165, 1.54) is 18.3 Å². The highest BCUT2D eigenvalue weighted by atomic mass is 32.1. The summed E-state index contributed by atoms with van der Waals surface area (Å²) in [6, 6.07) is 7.78. The lowest BCUT2D eigenvalue weighted by atomic mass is 9.96. The first kappa shape index (κ1) is 24.7. The number of aryl methyl sites for hydroxylation is 2. The van der Waals surface area contributed by atoms with Crippen molar-refractivity contribution in [3.8, 4) is 0 Å². The highest BCUT2D eigenvalue weighted by molar-refractivity contribution is 7.15. The van der Waals surface area contributed by atoms with Gasteiger partial charge in [0.25, 0.3) is 0 Å². The number of thiazole rings is 1. The standard InChI is InChI=1S/C23H33N7O2S/c1-15(31)26-23-28-19(11-8-16-6-9-18(10-7-16)27-22(24)25)20(33-23)14-30-12-4-5-17(13-30)21(32)29(2)3/h6-7,9-10,17H,4-5,8,11-14H2,1-3H3,(H4,24,25,27)(H,26,28,31)/t17-/m0/s1. The van der Waals surface area contributed by atoms with Gasteiger partial charge in [0.2, 0.25) is 11.8 Å². The molecule has 1 aliphatic heterocycles. The van der Waals surface area contributed by atoms with Crippen molar-refractivity contribution in [1.29, 1.82) is 0 Å². The summed E-state index contributed by atoms with van der Waals surface area (Å²) in [5.41, 5.74) is 13.7. The third-order valence-corrected chi connectivity index (χ3v) is 6.57. The van der Waals surface area contributed by atoms with E-state index in [2.05, 4.69) is 15.2 Å². The number of anilines is 1. The van der Waals surface area contributed by atoms with Gasteiger partial charge in [0.1, 0.15) is 0 Å². The number of carbonyl (C=O) groups excluding carboxylic acids is 2. The first-order valence-electron chi connectivity index (χ1n) is 11.1. The summed E-state index contributed by atoms with van der Waals surface area (Å²) in [6.07, 6.45) is 3.48. The molecule has 1 atom stereocenters. The topological polar surface area (TPSA) is 130 Å². The SMILES string of the molecule is CC(=O)Nc1nc(CCc2ccc(N=C(N)N)cc2)c(CN2CCC[C@H](C(=O)N(C)C)C2)s1. The number of nitrogens with one attached hydrogen (secondary N) is 1. The largest absolute Gasteiger partial charge is 0.370 e. The molecule has 1 fully saturated rings. The van der Waals surface area contributed by atoms with Crippen molar-refractivity contribution in [2.75, 3.05) is 32.5 Å². The number of aromatic nitrogens is 1. The van der Waals surface area contributed by atoms with Gasteiger partial charge in [-0.2, -0.15) is 0 Å². The molecule has 1 aromatic carbocycles. The predicted octanol–water partition coefficient (Wildman–Crippen LogP) is 2.09. The Bertz CT molecular complexity index is 997. The summed E-state index contributed by atoms with van der Waals surface area (Å²) in [7, 11) is 3.62. The number of hydrogen-bond donors (Lipinski definition) is 3. The van der Waals surface area contributed by atoms with Gasteiger partial charge >= 0.3 is 0 Å². The molecule has 33 heavy (non-hydrogen) atoms. The zero-order valence-corrected chi connectivity index (χ0v) is 20.3. The van der Waals surface area contributed by atoms with E-state index in [0.29, 0.717) is 10.8 Å². The normalized spacial score (nSPS) is 16.3. The van der Waals surface area contributed by atoms with Crippen LogP contribution in [0.25, 0.3) is 0 Å². The van der Waals surface area contributed by atoms with Gasteiger partial charge < -0.3 is 21.7 Å². The van der Waals surface area contributed by atoms with Gasteiger partial charge in [-0.05, 0) is 49.9 Å². The Labute approximate surface area is 198 Å². The van der Waals surface area contributed by atoms with Crippen molar-refractivity contribution < 1.29 is 9.59 Å². The molecule has 0 aliphatic carbocycles. The summed E-state index contributed by atoms with van der Waals surface area (Å²) in [5.74, 6) is 0.121. The lowest BCUT2D eigenvalue weighted by Crippen LogP contribution is -2.42. The maximum absolute atomic E-state index is 12.5. The summed E-state index contributed by atoms with van der Waals surface area (Å²) >= 11 is 1.52. The number of hydrogen-bond acceptors (Lipinski definition) is 6. The Morgan fingerprint density at radius 2 is 1.97 bits per heavy atom. The maximum Gasteiger partial charge on any atom is 0.226 e. The molecule has 2 amide bonds. The maximum atomic E-state index is 12.5. The smallest absolute Gasteiger partial charge is 0.226 e. The number of amides is 2. The van der Waals surface area contributed by atoms with Crippen molar-refractivity contribution in [3.63, 3.8) is 0 Å². The molecule has 1 aromatic heterocycles. The van der Waals surface area contributed by atoms with E-state index in [1.807, 2.05) is 38.4 Å². The number of likely N-dealkylation sites (tertiary alicyclic amines) is 1. The minimum absolute atomic E-state index is 0.0312. The third-order valence-electron chi connectivity index (χ3n) is 5.57. The number of carbonyl (C=O) groups is 2. The second-order valence-electron chi connectivity index (χ2n) is 8.58. The van der Waals surface area contributed by atoms with Gasteiger partial charge in [-0.15, -0.1) is 11.3 Å². The highest BCUT2D eigenvalue weighted by Gasteiger charge is 2.27. The van der Waals surface area contributed by atoms with Gasteiger partial charge in [-0.1, -0.05) is 12.1 Å². The van der Waals surface area contributed by atoms with Gasteiger partial charge in [0.15, 0.2) is 11.1 Å². The molecule has 10 heteroatoms. The van der Waals surface area contributed by atoms with Crippen molar-refractivity contribution in [2.24, 2.45) is 22.4 Å². The van der Waals surface area contributed by atoms with Crippen LogP contribution in [0.1, 0.15) is 35.9 Å².